The molecule has 0 aliphatic rings. The van der Waals surface area contributed by atoms with Gasteiger partial charge in [-0.15, -0.1) is 11.8 Å². The molecule has 104 valence electrons. The zero-order valence-electron chi connectivity index (χ0n) is 11.2. The van der Waals surface area contributed by atoms with Gasteiger partial charge in [-0.2, -0.15) is 0 Å². The Morgan fingerprint density at radius 1 is 1.10 bits per heavy atom. The minimum absolute atomic E-state index is 0.341. The SMILES string of the molecule is CSc1cccc(NC(=O)Nc2ccc(C)c(F)c2)c1. The average Bonchev–Trinajstić information content (AvgIpc) is 2.43. The number of hydrogen-bond donors (Lipinski definition) is 2. The molecule has 2 aromatic carbocycles. The molecule has 0 aliphatic carbocycles. The molecule has 0 fully saturated rings. The number of anilines is 2. The van der Waals surface area contributed by atoms with E-state index in [1.807, 2.05) is 24.5 Å². The lowest BCUT2D eigenvalue weighted by molar-refractivity contribution is 0.262. The fourth-order valence-corrected chi connectivity index (χ4v) is 2.12. The summed E-state index contributed by atoms with van der Waals surface area (Å²) in [7, 11) is 0. The third-order valence-corrected chi connectivity index (χ3v) is 3.48. The van der Waals surface area contributed by atoms with Gasteiger partial charge in [0, 0.05) is 16.3 Å². The molecule has 0 heterocycles. The van der Waals surface area contributed by atoms with Crippen molar-refractivity contribution in [3.63, 3.8) is 0 Å². The van der Waals surface area contributed by atoms with Crippen molar-refractivity contribution in [1.29, 1.82) is 0 Å². The van der Waals surface area contributed by atoms with Gasteiger partial charge in [0.05, 0.1) is 0 Å². The molecule has 2 aromatic rings. The number of carbonyl (C=O) groups is 1. The van der Waals surface area contributed by atoms with Crippen LogP contribution in [-0.2, 0) is 0 Å². The van der Waals surface area contributed by atoms with Gasteiger partial charge in [-0.1, -0.05) is 12.1 Å². The predicted octanol–water partition coefficient (Wildman–Crippen LogP) is 4.50. The van der Waals surface area contributed by atoms with E-state index in [-0.39, 0.29) is 5.82 Å². The first-order chi connectivity index (χ1) is 9.58. The summed E-state index contributed by atoms with van der Waals surface area (Å²) in [6.45, 7) is 1.67. The topological polar surface area (TPSA) is 41.1 Å². The molecule has 0 aliphatic heterocycles. The summed E-state index contributed by atoms with van der Waals surface area (Å²) >= 11 is 1.60. The van der Waals surface area contributed by atoms with Gasteiger partial charge in [0.1, 0.15) is 5.82 Å². The highest BCUT2D eigenvalue weighted by atomic mass is 32.2. The van der Waals surface area contributed by atoms with Gasteiger partial charge in [0.25, 0.3) is 0 Å². The fraction of sp³-hybridized carbons (Fsp3) is 0.133. The van der Waals surface area contributed by atoms with Crippen molar-refractivity contribution in [1.82, 2.24) is 0 Å². The molecule has 5 heteroatoms. The third kappa shape index (κ3) is 3.74. The number of nitrogens with one attached hydrogen (secondary N) is 2. The summed E-state index contributed by atoms with van der Waals surface area (Å²) in [6.07, 6.45) is 1.97. The average molecular weight is 290 g/mol. The van der Waals surface area contributed by atoms with Crippen LogP contribution in [0.3, 0.4) is 0 Å². The van der Waals surface area contributed by atoms with Crippen LogP contribution in [0, 0.1) is 12.7 Å². The first-order valence-electron chi connectivity index (χ1n) is 6.06. The van der Waals surface area contributed by atoms with Crippen LogP contribution in [0.25, 0.3) is 0 Å². The first kappa shape index (κ1) is 14.4. The van der Waals surface area contributed by atoms with Gasteiger partial charge in [-0.05, 0) is 49.1 Å². The van der Waals surface area contributed by atoms with Gasteiger partial charge in [0.15, 0.2) is 0 Å². The molecule has 0 saturated heterocycles. The molecule has 0 atom stereocenters. The number of carbonyl (C=O) groups excluding carboxylic acids is 1. The van der Waals surface area contributed by atoms with Crippen LogP contribution in [0.15, 0.2) is 47.4 Å². The van der Waals surface area contributed by atoms with Crippen molar-refractivity contribution >= 4 is 29.2 Å². The highest BCUT2D eigenvalue weighted by Gasteiger charge is 2.05. The molecule has 0 aromatic heterocycles. The summed E-state index contributed by atoms with van der Waals surface area (Å²) in [4.78, 5) is 12.9. The Labute approximate surface area is 121 Å². The lowest BCUT2D eigenvalue weighted by Crippen LogP contribution is -2.19. The molecule has 2 rings (SSSR count). The van der Waals surface area contributed by atoms with E-state index in [2.05, 4.69) is 10.6 Å². The maximum atomic E-state index is 13.4. The van der Waals surface area contributed by atoms with Crippen molar-refractivity contribution in [3.8, 4) is 0 Å². The van der Waals surface area contributed by atoms with E-state index in [1.165, 1.54) is 6.07 Å². The van der Waals surface area contributed by atoms with Crippen LogP contribution in [0.2, 0.25) is 0 Å². The second-order valence-electron chi connectivity index (χ2n) is 4.28. The zero-order chi connectivity index (χ0) is 14.5. The van der Waals surface area contributed by atoms with Crippen molar-refractivity contribution in [2.75, 3.05) is 16.9 Å². The Morgan fingerprint density at radius 3 is 2.45 bits per heavy atom. The molecule has 0 saturated carbocycles. The summed E-state index contributed by atoms with van der Waals surface area (Å²) in [5.41, 5.74) is 1.66. The third-order valence-electron chi connectivity index (χ3n) is 2.76. The first-order valence-corrected chi connectivity index (χ1v) is 7.29. The molecule has 0 unspecified atom stereocenters. The molecule has 2 N–H and O–H groups in total. The van der Waals surface area contributed by atoms with Gasteiger partial charge in [0.2, 0.25) is 0 Å². The Kier molecular flexibility index (Phi) is 4.63. The smallest absolute Gasteiger partial charge is 0.308 e. The molecule has 0 spiro atoms. The number of halogens is 1. The Hall–Kier alpha value is -2.01. The lowest BCUT2D eigenvalue weighted by atomic mass is 10.2. The van der Waals surface area contributed by atoms with Crippen LogP contribution in [0.4, 0.5) is 20.6 Å². The van der Waals surface area contributed by atoms with E-state index in [9.17, 15) is 9.18 Å². The molecule has 20 heavy (non-hydrogen) atoms. The van der Waals surface area contributed by atoms with Crippen LogP contribution in [0.1, 0.15) is 5.56 Å². The molecule has 0 radical (unpaired) electrons. The quantitative estimate of drug-likeness (QED) is 0.817. The highest BCUT2D eigenvalue weighted by molar-refractivity contribution is 7.98. The predicted molar refractivity (Wildman–Crippen MR) is 82.0 cm³/mol. The standard InChI is InChI=1S/C15H15FN2OS/c1-10-6-7-12(9-14(10)16)18-15(19)17-11-4-3-5-13(8-11)20-2/h3-9H,1-2H3,(H2,17,18,19). The zero-order valence-corrected chi connectivity index (χ0v) is 12.1. The molecular weight excluding hydrogens is 275 g/mol. The minimum Gasteiger partial charge on any atom is -0.308 e. The van der Waals surface area contributed by atoms with E-state index in [0.717, 1.165) is 4.90 Å². The largest absolute Gasteiger partial charge is 0.323 e. The number of benzene rings is 2. The minimum atomic E-state index is -0.397. The van der Waals surface area contributed by atoms with E-state index in [0.29, 0.717) is 16.9 Å². The normalized spacial score (nSPS) is 10.2. The summed E-state index contributed by atoms with van der Waals surface area (Å²) in [5, 5.41) is 5.31. The van der Waals surface area contributed by atoms with E-state index in [4.69, 9.17) is 0 Å². The number of thioether (sulfide) groups is 1. The van der Waals surface area contributed by atoms with Crippen molar-refractivity contribution in [3.05, 3.63) is 53.8 Å². The monoisotopic (exact) mass is 290 g/mol. The summed E-state index contributed by atoms with van der Waals surface area (Å²) in [6, 6.07) is 11.7. The van der Waals surface area contributed by atoms with Crippen molar-refractivity contribution in [2.45, 2.75) is 11.8 Å². The molecular formula is C15H15FN2OS. The summed E-state index contributed by atoms with van der Waals surface area (Å²) in [5.74, 6) is -0.341. The lowest BCUT2D eigenvalue weighted by Gasteiger charge is -2.09. The van der Waals surface area contributed by atoms with Gasteiger partial charge >= 0.3 is 6.03 Å². The van der Waals surface area contributed by atoms with Crippen LogP contribution in [-0.4, -0.2) is 12.3 Å². The van der Waals surface area contributed by atoms with E-state index < -0.39 is 6.03 Å². The number of rotatable bonds is 3. The second kappa shape index (κ2) is 6.43. The van der Waals surface area contributed by atoms with Crippen LogP contribution < -0.4 is 10.6 Å². The second-order valence-corrected chi connectivity index (χ2v) is 5.15. The molecule has 0 bridgehead atoms. The molecule has 2 amide bonds. The van der Waals surface area contributed by atoms with E-state index >= 15 is 0 Å². The van der Waals surface area contributed by atoms with Crippen LogP contribution >= 0.6 is 11.8 Å². The van der Waals surface area contributed by atoms with Gasteiger partial charge in [-0.25, -0.2) is 9.18 Å². The van der Waals surface area contributed by atoms with Crippen molar-refractivity contribution < 1.29 is 9.18 Å². The Balaban J connectivity index is 2.03. The Morgan fingerprint density at radius 2 is 1.80 bits per heavy atom. The van der Waals surface area contributed by atoms with Gasteiger partial charge < -0.3 is 10.6 Å². The fourth-order valence-electron chi connectivity index (χ4n) is 1.66. The Bertz CT molecular complexity index is 631. The summed E-state index contributed by atoms with van der Waals surface area (Å²) < 4.78 is 13.4. The van der Waals surface area contributed by atoms with Gasteiger partial charge in [-0.3, -0.25) is 0 Å². The maximum absolute atomic E-state index is 13.4. The van der Waals surface area contributed by atoms with Crippen molar-refractivity contribution in [2.24, 2.45) is 0 Å². The highest BCUT2D eigenvalue weighted by Crippen LogP contribution is 2.19. The number of hydrogen-bond acceptors (Lipinski definition) is 2. The molecule has 3 nitrogen and oxygen atoms in total. The van der Waals surface area contributed by atoms with E-state index in [1.54, 1.807) is 36.9 Å². The number of urea groups is 1. The van der Waals surface area contributed by atoms with Crippen LogP contribution in [0.5, 0.6) is 0 Å². The number of amides is 2. The maximum Gasteiger partial charge on any atom is 0.323 e. The number of aryl methyl sites for hydroxylation is 1.